The van der Waals surface area contributed by atoms with Crippen molar-refractivity contribution in [2.45, 2.75) is 36.6 Å². The van der Waals surface area contributed by atoms with Gasteiger partial charge < -0.3 is 5.11 Å². The first-order chi connectivity index (χ1) is 9.84. The zero-order valence-electron chi connectivity index (χ0n) is 11.1. The fraction of sp³-hybridized carbons (Fsp3) is 0.462. The van der Waals surface area contributed by atoms with E-state index in [4.69, 9.17) is 16.7 Å². The van der Waals surface area contributed by atoms with Crippen LogP contribution in [0.25, 0.3) is 0 Å². The monoisotopic (exact) mass is 335 g/mol. The molecule has 1 saturated heterocycles. The van der Waals surface area contributed by atoms with Crippen LogP contribution in [0.4, 0.5) is 4.39 Å². The Kier molecular flexibility index (Phi) is 4.85. The molecule has 0 bridgehead atoms. The number of hydrogen-bond donors (Lipinski definition) is 1. The smallest absolute Gasteiger partial charge is 0.303 e. The summed E-state index contributed by atoms with van der Waals surface area (Å²) in [5.41, 5.74) is 0. The van der Waals surface area contributed by atoms with Crippen molar-refractivity contribution in [2.75, 3.05) is 6.54 Å². The van der Waals surface area contributed by atoms with Crippen LogP contribution >= 0.6 is 11.6 Å². The lowest BCUT2D eigenvalue weighted by Gasteiger charge is -2.24. The van der Waals surface area contributed by atoms with Gasteiger partial charge in [-0.05, 0) is 31.4 Å². The summed E-state index contributed by atoms with van der Waals surface area (Å²) in [5.74, 6) is -1.95. The minimum Gasteiger partial charge on any atom is -0.481 e. The average molecular weight is 336 g/mol. The first-order valence-corrected chi connectivity index (χ1v) is 8.33. The lowest BCUT2D eigenvalue weighted by molar-refractivity contribution is -0.137. The molecule has 1 N–H and O–H groups in total. The molecule has 5 nitrogen and oxygen atoms in total. The minimum absolute atomic E-state index is 0.116. The summed E-state index contributed by atoms with van der Waals surface area (Å²) in [4.78, 5) is 10.2. The number of carboxylic acid groups (broad SMARTS) is 1. The second-order valence-corrected chi connectivity index (χ2v) is 7.16. The minimum atomic E-state index is -4.01. The van der Waals surface area contributed by atoms with Gasteiger partial charge in [-0.25, -0.2) is 12.8 Å². The van der Waals surface area contributed by atoms with E-state index >= 15 is 0 Å². The Morgan fingerprint density at radius 2 is 2.19 bits per heavy atom. The highest BCUT2D eigenvalue weighted by atomic mass is 35.5. The van der Waals surface area contributed by atoms with E-state index in [2.05, 4.69) is 0 Å². The number of nitrogens with zero attached hydrogens (tertiary/aromatic N) is 1. The predicted octanol–water partition coefficient (Wildman–Crippen LogP) is 2.50. The van der Waals surface area contributed by atoms with Crippen LogP contribution in [-0.2, 0) is 14.8 Å². The molecule has 116 valence electrons. The second-order valence-electron chi connectivity index (χ2n) is 4.90. The van der Waals surface area contributed by atoms with Crippen molar-refractivity contribution in [3.63, 3.8) is 0 Å². The summed E-state index contributed by atoms with van der Waals surface area (Å²) in [5, 5.41) is 8.46. The Hall–Kier alpha value is -1.18. The van der Waals surface area contributed by atoms with Gasteiger partial charge >= 0.3 is 5.97 Å². The summed E-state index contributed by atoms with van der Waals surface area (Å²) in [6.07, 6.45) is 1.31. The first kappa shape index (κ1) is 16.2. The summed E-state index contributed by atoms with van der Waals surface area (Å²) in [6, 6.07) is 3.41. The SMILES string of the molecule is O=C(O)CCC1CCCN1S(=O)(=O)c1cccc(Cl)c1F. The molecule has 0 aromatic heterocycles. The summed E-state index contributed by atoms with van der Waals surface area (Å²) < 4.78 is 40.2. The number of carbonyl (C=O) groups is 1. The van der Waals surface area contributed by atoms with Crippen LogP contribution < -0.4 is 0 Å². The number of benzene rings is 1. The van der Waals surface area contributed by atoms with Crippen LogP contribution in [0, 0.1) is 5.82 Å². The van der Waals surface area contributed by atoms with Gasteiger partial charge in [0, 0.05) is 19.0 Å². The van der Waals surface area contributed by atoms with Crippen LogP contribution in [0.3, 0.4) is 0 Å². The molecule has 0 aliphatic carbocycles. The number of halogens is 2. The van der Waals surface area contributed by atoms with E-state index in [1.807, 2.05) is 0 Å². The van der Waals surface area contributed by atoms with Crippen molar-refractivity contribution < 1.29 is 22.7 Å². The number of rotatable bonds is 5. The molecular formula is C13H15ClFNO4S. The molecule has 2 rings (SSSR count). The van der Waals surface area contributed by atoms with Gasteiger partial charge in [0.25, 0.3) is 0 Å². The molecule has 8 heteroatoms. The molecule has 1 aromatic carbocycles. The largest absolute Gasteiger partial charge is 0.481 e. The van der Waals surface area contributed by atoms with Crippen molar-refractivity contribution in [1.29, 1.82) is 0 Å². The van der Waals surface area contributed by atoms with Crippen molar-refractivity contribution in [1.82, 2.24) is 4.31 Å². The first-order valence-electron chi connectivity index (χ1n) is 6.51. The van der Waals surface area contributed by atoms with E-state index < -0.39 is 32.7 Å². The molecule has 1 atom stereocenters. The zero-order chi connectivity index (χ0) is 15.6. The standard InChI is InChI=1S/C13H15ClFNO4S/c14-10-4-1-5-11(13(10)15)21(19,20)16-8-2-3-9(16)6-7-12(17)18/h1,4-5,9H,2-3,6-8H2,(H,17,18). The molecular weight excluding hydrogens is 321 g/mol. The molecule has 21 heavy (non-hydrogen) atoms. The Labute approximate surface area is 127 Å². The maximum absolute atomic E-state index is 14.0. The molecule has 1 fully saturated rings. The van der Waals surface area contributed by atoms with Gasteiger partial charge in [0.2, 0.25) is 10.0 Å². The van der Waals surface area contributed by atoms with Gasteiger partial charge in [-0.2, -0.15) is 4.31 Å². The Morgan fingerprint density at radius 1 is 1.48 bits per heavy atom. The highest BCUT2D eigenvalue weighted by Crippen LogP contribution is 2.31. The average Bonchev–Trinajstić information content (AvgIpc) is 2.88. The number of aliphatic carboxylic acids is 1. The van der Waals surface area contributed by atoms with Gasteiger partial charge in [-0.1, -0.05) is 17.7 Å². The Bertz CT molecular complexity index is 650. The molecule has 1 aliphatic heterocycles. The number of hydrogen-bond acceptors (Lipinski definition) is 3. The maximum atomic E-state index is 14.0. The van der Waals surface area contributed by atoms with E-state index in [0.29, 0.717) is 12.8 Å². The number of carboxylic acids is 1. The van der Waals surface area contributed by atoms with Gasteiger partial charge in [-0.15, -0.1) is 0 Å². The molecule has 1 unspecified atom stereocenters. The maximum Gasteiger partial charge on any atom is 0.303 e. The highest BCUT2D eigenvalue weighted by Gasteiger charge is 2.37. The third kappa shape index (κ3) is 3.36. The van der Waals surface area contributed by atoms with Crippen LogP contribution in [0.1, 0.15) is 25.7 Å². The van der Waals surface area contributed by atoms with Crippen LogP contribution in [-0.4, -0.2) is 36.4 Å². The van der Waals surface area contributed by atoms with E-state index in [1.165, 1.54) is 22.5 Å². The lowest BCUT2D eigenvalue weighted by atomic mass is 10.1. The molecule has 1 aromatic rings. The fourth-order valence-corrected chi connectivity index (χ4v) is 4.56. The van der Waals surface area contributed by atoms with Gasteiger partial charge in [0.05, 0.1) is 5.02 Å². The quantitative estimate of drug-likeness (QED) is 0.897. The highest BCUT2D eigenvalue weighted by molar-refractivity contribution is 7.89. The zero-order valence-corrected chi connectivity index (χ0v) is 12.7. The molecule has 0 radical (unpaired) electrons. The molecule has 0 saturated carbocycles. The predicted molar refractivity (Wildman–Crippen MR) is 75.2 cm³/mol. The van der Waals surface area contributed by atoms with E-state index in [9.17, 15) is 17.6 Å². The van der Waals surface area contributed by atoms with Crippen LogP contribution in [0.2, 0.25) is 5.02 Å². The topological polar surface area (TPSA) is 74.7 Å². The third-order valence-corrected chi connectivity index (χ3v) is 5.78. The third-order valence-electron chi connectivity index (χ3n) is 3.52. The normalized spacial score (nSPS) is 19.8. The number of sulfonamides is 1. The summed E-state index contributed by atoms with van der Waals surface area (Å²) >= 11 is 5.63. The van der Waals surface area contributed by atoms with E-state index in [-0.39, 0.29) is 24.4 Å². The fourth-order valence-electron chi connectivity index (χ4n) is 2.51. The Morgan fingerprint density at radius 3 is 2.86 bits per heavy atom. The van der Waals surface area contributed by atoms with Crippen LogP contribution in [0.5, 0.6) is 0 Å². The second kappa shape index (κ2) is 6.29. The van der Waals surface area contributed by atoms with Gasteiger partial charge in [0.1, 0.15) is 4.90 Å². The van der Waals surface area contributed by atoms with Crippen molar-refractivity contribution in [2.24, 2.45) is 0 Å². The summed E-state index contributed by atoms with van der Waals surface area (Å²) in [6.45, 7) is 0.262. The lowest BCUT2D eigenvalue weighted by Crippen LogP contribution is -2.36. The van der Waals surface area contributed by atoms with Gasteiger partial charge in [0.15, 0.2) is 5.82 Å². The van der Waals surface area contributed by atoms with Crippen molar-refractivity contribution in [3.05, 3.63) is 29.0 Å². The van der Waals surface area contributed by atoms with Gasteiger partial charge in [-0.3, -0.25) is 4.79 Å². The molecule has 0 amide bonds. The Balaban J connectivity index is 2.30. The molecule has 0 spiro atoms. The molecule has 1 heterocycles. The van der Waals surface area contributed by atoms with Crippen molar-refractivity contribution >= 4 is 27.6 Å². The van der Waals surface area contributed by atoms with Crippen molar-refractivity contribution in [3.8, 4) is 0 Å². The summed E-state index contributed by atoms with van der Waals surface area (Å²) in [7, 11) is -4.01. The van der Waals surface area contributed by atoms with E-state index in [1.54, 1.807) is 0 Å². The van der Waals surface area contributed by atoms with E-state index in [0.717, 1.165) is 0 Å². The molecule has 1 aliphatic rings. The van der Waals surface area contributed by atoms with Crippen LogP contribution in [0.15, 0.2) is 23.1 Å².